The Balaban J connectivity index is 0.00000144. The van der Waals surface area contributed by atoms with Gasteiger partial charge in [0.15, 0.2) is 0 Å². The minimum Gasteiger partial charge on any atom is -0.791 e. The number of rotatable bonds is 3. The summed E-state index contributed by atoms with van der Waals surface area (Å²) in [6.45, 7) is 1.81. The normalized spacial score (nSPS) is 22.5. The molecule has 0 aromatic rings. The van der Waals surface area contributed by atoms with Crippen LogP contribution in [0.25, 0.3) is 0 Å². The number of nitrogens with zero attached hydrogens (tertiary/aromatic N) is 1. The van der Waals surface area contributed by atoms with Crippen LogP contribution in [0.1, 0.15) is 12.8 Å². The summed E-state index contributed by atoms with van der Waals surface area (Å²) in [5, 5.41) is 0. The Hall–Kier alpha value is 0.468. The monoisotopic (exact) mass is 372 g/mol. The average molecular weight is 372 g/mol. The summed E-state index contributed by atoms with van der Waals surface area (Å²) in [6.07, 6.45) is 2.00. The third-order valence-electron chi connectivity index (χ3n) is 2.22. The van der Waals surface area contributed by atoms with E-state index in [9.17, 15) is 4.79 Å². The smallest absolute Gasteiger partial charge is 0.323 e. The van der Waals surface area contributed by atoms with Gasteiger partial charge in [-0.3, -0.25) is 9.69 Å². The van der Waals surface area contributed by atoms with E-state index in [1.54, 1.807) is 0 Å². The van der Waals surface area contributed by atoms with Gasteiger partial charge in [0.1, 0.15) is 6.04 Å². The van der Waals surface area contributed by atoms with Gasteiger partial charge in [0.05, 0.1) is 7.11 Å². The van der Waals surface area contributed by atoms with Crippen molar-refractivity contribution in [2.24, 2.45) is 0 Å². The van der Waals surface area contributed by atoms with Crippen LogP contribution in [-0.2, 0) is 43.2 Å². The predicted octanol–water partition coefficient (Wildman–Crippen LogP) is 0.168. The predicted molar refractivity (Wildman–Crippen MR) is 48.8 cm³/mol. The molecule has 1 heterocycles. The molecule has 5 heteroatoms. The summed E-state index contributed by atoms with van der Waals surface area (Å²) in [5.74, 6) is 0.573. The SMILES string of the molecule is COC(=O)C1CCCN1CC[S-].[W]. The molecule has 1 aliphatic rings. The number of carbonyl (C=O) groups excluding carboxylic acids is 1. The molecule has 0 aliphatic carbocycles. The first-order valence-electron chi connectivity index (χ1n) is 4.19. The fraction of sp³-hybridized carbons (Fsp3) is 0.875. The molecule has 0 bridgehead atoms. The maximum atomic E-state index is 11.2. The van der Waals surface area contributed by atoms with E-state index < -0.39 is 0 Å². The van der Waals surface area contributed by atoms with Crippen LogP contribution in [0.5, 0.6) is 0 Å². The molecule has 1 aliphatic heterocycles. The molecule has 0 spiro atoms. The number of methoxy groups -OCH3 is 1. The van der Waals surface area contributed by atoms with E-state index in [-0.39, 0.29) is 33.1 Å². The molecule has 0 amide bonds. The zero-order chi connectivity index (χ0) is 8.97. The van der Waals surface area contributed by atoms with Crippen molar-refractivity contribution in [2.75, 3.05) is 26.0 Å². The molecule has 1 rings (SSSR count). The molecule has 0 saturated carbocycles. The zero-order valence-corrected chi connectivity index (χ0v) is 11.4. The molecule has 0 radical (unpaired) electrons. The Bertz CT molecular complexity index is 168. The average Bonchev–Trinajstić information content (AvgIpc) is 2.52. The first-order valence-corrected chi connectivity index (χ1v) is 4.77. The van der Waals surface area contributed by atoms with Gasteiger partial charge in [-0.1, -0.05) is 0 Å². The Morgan fingerprint density at radius 3 is 2.92 bits per heavy atom. The third-order valence-corrected chi connectivity index (χ3v) is 2.40. The largest absolute Gasteiger partial charge is 0.791 e. The first kappa shape index (κ1) is 13.5. The van der Waals surface area contributed by atoms with Crippen LogP contribution in [0, 0.1) is 0 Å². The summed E-state index contributed by atoms with van der Waals surface area (Å²) in [4.78, 5) is 13.3. The fourth-order valence-electron chi connectivity index (χ4n) is 1.61. The first-order chi connectivity index (χ1) is 5.79. The number of carbonyl (C=O) groups is 1. The molecule has 1 atom stereocenters. The second kappa shape index (κ2) is 6.85. The molecule has 0 aromatic carbocycles. The number of esters is 1. The van der Waals surface area contributed by atoms with Gasteiger partial charge in [-0.05, 0) is 25.9 Å². The summed E-state index contributed by atoms with van der Waals surface area (Å²) in [5.41, 5.74) is 0. The molecule has 76 valence electrons. The second-order valence-corrected chi connectivity index (χ2v) is 3.33. The number of likely N-dealkylation sites (tertiary alicyclic amines) is 1. The molecule has 1 unspecified atom stereocenters. The van der Waals surface area contributed by atoms with Gasteiger partial charge in [0.25, 0.3) is 0 Å². The maximum absolute atomic E-state index is 11.2. The fourth-order valence-corrected chi connectivity index (χ4v) is 1.85. The number of hydrogen-bond acceptors (Lipinski definition) is 4. The second-order valence-electron chi connectivity index (χ2n) is 2.92. The zero-order valence-electron chi connectivity index (χ0n) is 7.69. The van der Waals surface area contributed by atoms with Crippen LogP contribution in [0.15, 0.2) is 0 Å². The summed E-state index contributed by atoms with van der Waals surface area (Å²) < 4.78 is 4.70. The van der Waals surface area contributed by atoms with Crippen molar-refractivity contribution in [3.63, 3.8) is 0 Å². The van der Waals surface area contributed by atoms with Crippen molar-refractivity contribution in [3.8, 4) is 0 Å². The molecule has 1 fully saturated rings. The minimum absolute atomic E-state index is 0. The molecule has 0 N–H and O–H groups in total. The quantitative estimate of drug-likeness (QED) is 0.522. The van der Waals surface area contributed by atoms with Crippen molar-refractivity contribution >= 4 is 18.6 Å². The summed E-state index contributed by atoms with van der Waals surface area (Å²) in [6, 6.07) is -0.0297. The Labute approximate surface area is 98.9 Å². The van der Waals surface area contributed by atoms with E-state index in [1.807, 2.05) is 0 Å². The van der Waals surface area contributed by atoms with Crippen molar-refractivity contribution in [1.82, 2.24) is 4.90 Å². The number of ether oxygens (including phenoxy) is 1. The van der Waals surface area contributed by atoms with Crippen LogP contribution in [-0.4, -0.2) is 42.9 Å². The van der Waals surface area contributed by atoms with Crippen molar-refractivity contribution in [1.29, 1.82) is 0 Å². The van der Waals surface area contributed by atoms with Gasteiger partial charge in [0, 0.05) is 21.1 Å². The van der Waals surface area contributed by atoms with Crippen molar-refractivity contribution < 1.29 is 30.6 Å². The van der Waals surface area contributed by atoms with E-state index in [0.29, 0.717) is 5.75 Å². The minimum atomic E-state index is -0.115. The van der Waals surface area contributed by atoms with Crippen molar-refractivity contribution in [3.05, 3.63) is 0 Å². The van der Waals surface area contributed by atoms with E-state index >= 15 is 0 Å². The van der Waals surface area contributed by atoms with Crippen LogP contribution >= 0.6 is 0 Å². The van der Waals surface area contributed by atoms with Gasteiger partial charge >= 0.3 is 5.97 Å². The van der Waals surface area contributed by atoms with Crippen LogP contribution in [0.4, 0.5) is 0 Å². The summed E-state index contributed by atoms with van der Waals surface area (Å²) >= 11 is 4.87. The maximum Gasteiger partial charge on any atom is 0.323 e. The van der Waals surface area contributed by atoms with E-state index in [4.69, 9.17) is 17.4 Å². The Morgan fingerprint density at radius 2 is 2.38 bits per heavy atom. The van der Waals surface area contributed by atoms with Crippen molar-refractivity contribution in [2.45, 2.75) is 18.9 Å². The van der Waals surface area contributed by atoms with Crippen LogP contribution < -0.4 is 0 Å². The standard InChI is InChI=1S/C8H15NO2S.W/c1-11-8(10)7-3-2-4-9(7)5-6-12;/h7,12H,2-6H2,1H3;/p-1. The van der Waals surface area contributed by atoms with Gasteiger partial charge in [-0.25, -0.2) is 0 Å². The van der Waals surface area contributed by atoms with Gasteiger partial charge in [-0.15, -0.1) is 0 Å². The van der Waals surface area contributed by atoms with Gasteiger partial charge < -0.3 is 17.4 Å². The number of hydrogen-bond donors (Lipinski definition) is 0. The van der Waals surface area contributed by atoms with E-state index in [2.05, 4.69) is 4.90 Å². The summed E-state index contributed by atoms with van der Waals surface area (Å²) in [7, 11) is 1.44. The third kappa shape index (κ3) is 3.60. The Morgan fingerprint density at radius 1 is 1.69 bits per heavy atom. The molecule has 1 saturated heterocycles. The molecular weight excluding hydrogens is 358 g/mol. The van der Waals surface area contributed by atoms with E-state index in [0.717, 1.165) is 25.9 Å². The molecule has 0 aromatic heterocycles. The van der Waals surface area contributed by atoms with Crippen LogP contribution in [0.2, 0.25) is 0 Å². The van der Waals surface area contributed by atoms with Gasteiger partial charge in [0.2, 0.25) is 0 Å². The molecule has 13 heavy (non-hydrogen) atoms. The van der Waals surface area contributed by atoms with Crippen LogP contribution in [0.3, 0.4) is 0 Å². The Kier molecular flexibility index (Phi) is 7.10. The van der Waals surface area contributed by atoms with Gasteiger partial charge in [-0.2, -0.15) is 5.75 Å². The molecule has 3 nitrogen and oxygen atoms in total. The molecular formula is C8H14NO2SW-. The topological polar surface area (TPSA) is 29.5 Å². The van der Waals surface area contributed by atoms with E-state index in [1.165, 1.54) is 7.11 Å².